The van der Waals surface area contributed by atoms with Crippen molar-refractivity contribution >= 4 is 95.9 Å². The Kier molecular flexibility index (Phi) is 55.7. The number of amides is 9. The summed E-state index contributed by atoms with van der Waals surface area (Å²) in [6.45, 7) is 21.7. The summed E-state index contributed by atoms with van der Waals surface area (Å²) in [5.41, 5.74) is 7.02. The lowest BCUT2D eigenvalue weighted by atomic mass is 9.83. The number of hydrogen-bond donors (Lipinski definition) is 6. The Morgan fingerprint density at radius 1 is 0.561 bits per heavy atom. The highest BCUT2D eigenvalue weighted by Crippen LogP contribution is 2.35. The van der Waals surface area contributed by atoms with E-state index in [0.717, 1.165) is 5.56 Å². The van der Waals surface area contributed by atoms with Crippen LogP contribution < -0.4 is 27.0 Å². The van der Waals surface area contributed by atoms with Crippen LogP contribution in [0.1, 0.15) is 184 Å². The molecule has 784 valence electrons. The number of carbonyl (C=O) groups is 12. The number of methoxy groups -OCH3 is 4. The molecule has 0 unspecified atom stereocenters. The molecule has 2 heterocycles. The number of hydrogen-bond acceptors (Lipinski definition) is 28. The van der Waals surface area contributed by atoms with Crippen molar-refractivity contribution in [2.45, 2.75) is 201 Å². The van der Waals surface area contributed by atoms with Gasteiger partial charge in [-0.15, -0.1) is 0 Å². The van der Waals surface area contributed by atoms with Gasteiger partial charge in [-0.3, -0.25) is 52.7 Å². The number of urea groups is 1. The first kappa shape index (κ1) is 121. The highest BCUT2D eigenvalue weighted by atomic mass is 32.2. The molecule has 0 spiro atoms. The van der Waals surface area contributed by atoms with Gasteiger partial charge in [0.05, 0.1) is 177 Å². The van der Waals surface area contributed by atoms with E-state index in [2.05, 4.69) is 21.3 Å². The Hall–Kier alpha value is -8.68. The van der Waals surface area contributed by atoms with Crippen LogP contribution >= 0.6 is 0 Å². The number of primary amides is 1. The van der Waals surface area contributed by atoms with Crippen molar-refractivity contribution in [2.75, 3.05) is 203 Å². The van der Waals surface area contributed by atoms with Crippen molar-refractivity contribution in [2.24, 2.45) is 59.0 Å². The highest BCUT2D eigenvalue weighted by Gasteiger charge is 2.45. The van der Waals surface area contributed by atoms with Crippen LogP contribution in [0.2, 0.25) is 0 Å². The van der Waals surface area contributed by atoms with Gasteiger partial charge in [0.25, 0.3) is 0 Å². The SMILES string of the molecule is CC[C@H](C)[C@@H]([C@@H](CC(=O)N1CCC[C@H]1[C@H](OC)[C@@H](C)C(=O)C[C@H](C)[C@@H](O)c1ccccc1)OC)N(C)C(=O)[C@@H](CC(=O)[C@H](C(C)C)N(C)C(=O)CCc1ccc(NC(=O)[C@H](CCCNC(N)=O)NC(=O)[C@@H](NC(=O)CC[C@H](CC(=O)c2ccc(C(=O)C(CS(=O)(=O)CCOC)CS(=O)(=O)CCOC)cc2)C(=O)N2CCOCCOCCOCCOCCOCCOCCOCC2)C(C)C)cc1)C(C)C. The number of anilines is 1. The van der Waals surface area contributed by atoms with Gasteiger partial charge < -0.3 is 104 Å². The molecule has 9 amide bonds. The number of aryl methyl sites for hydroxylation is 1. The zero-order valence-electron chi connectivity index (χ0n) is 84.6. The molecule has 2 aliphatic heterocycles. The average molecular weight is 2000 g/mol. The lowest BCUT2D eigenvalue weighted by Crippen LogP contribution is -2.54. The molecule has 0 aliphatic carbocycles. The van der Waals surface area contributed by atoms with E-state index in [4.69, 9.17) is 57.8 Å². The fourth-order valence-corrected chi connectivity index (χ4v) is 20.4. The quantitative estimate of drug-likeness (QED) is 0.0241. The molecule has 0 aromatic heterocycles. The molecule has 139 heavy (non-hydrogen) atoms. The van der Waals surface area contributed by atoms with E-state index in [1.165, 1.54) is 55.4 Å². The lowest BCUT2D eigenvalue weighted by molar-refractivity contribution is -0.149. The third-order valence-electron chi connectivity index (χ3n) is 25.6. The molecule has 13 atom stereocenters. The number of nitrogens with one attached hydrogen (secondary N) is 4. The van der Waals surface area contributed by atoms with E-state index in [1.54, 1.807) is 69.1 Å². The number of likely N-dealkylation sites (tertiary alicyclic amines) is 1. The number of Topliss-reactive ketones (excluding diaryl/α,β-unsaturated/α-hetero) is 4. The van der Waals surface area contributed by atoms with Crippen LogP contribution in [0.5, 0.6) is 0 Å². The monoisotopic (exact) mass is 2000 g/mol. The Labute approximate surface area is 822 Å². The Bertz CT molecular complexity index is 4430. The fourth-order valence-electron chi connectivity index (χ4n) is 17.3. The molecule has 37 nitrogen and oxygen atoms in total. The van der Waals surface area contributed by atoms with Crippen molar-refractivity contribution < 1.29 is 132 Å². The summed E-state index contributed by atoms with van der Waals surface area (Å²) in [5.74, 6) is -14.0. The van der Waals surface area contributed by atoms with Gasteiger partial charge >= 0.3 is 6.03 Å². The van der Waals surface area contributed by atoms with Gasteiger partial charge in [-0.1, -0.05) is 142 Å². The lowest BCUT2D eigenvalue weighted by Gasteiger charge is -2.41. The van der Waals surface area contributed by atoms with Crippen LogP contribution in [-0.2, 0) is 121 Å². The Morgan fingerprint density at radius 2 is 1.09 bits per heavy atom. The number of aliphatic hydroxyl groups is 1. The summed E-state index contributed by atoms with van der Waals surface area (Å²) in [6.07, 6.45) is -1.34. The zero-order chi connectivity index (χ0) is 103. The molecular weight excluding hydrogens is 1840 g/mol. The zero-order valence-corrected chi connectivity index (χ0v) is 86.3. The van der Waals surface area contributed by atoms with Crippen molar-refractivity contribution in [3.8, 4) is 0 Å². The molecule has 3 aromatic carbocycles. The summed E-state index contributed by atoms with van der Waals surface area (Å²) in [5, 5.41) is 22.0. The number of nitrogens with two attached hydrogens (primary N) is 1. The molecular formula is C100H159N9O28S2. The minimum atomic E-state index is -4.02. The summed E-state index contributed by atoms with van der Waals surface area (Å²) >= 11 is 0. The first-order valence-corrected chi connectivity index (χ1v) is 52.4. The Morgan fingerprint density at radius 3 is 1.58 bits per heavy atom. The maximum absolute atomic E-state index is 15.1. The van der Waals surface area contributed by atoms with Gasteiger partial charge in [0.1, 0.15) is 17.9 Å². The molecule has 0 bridgehead atoms. The van der Waals surface area contributed by atoms with Crippen LogP contribution in [-0.4, -0.2) is 352 Å². The molecule has 0 radical (unpaired) electrons. The number of ketones is 4. The number of likely N-dealkylation sites (N-methyl/N-ethyl adjacent to an activating group) is 2. The predicted molar refractivity (Wildman–Crippen MR) is 524 cm³/mol. The minimum Gasteiger partial charge on any atom is -0.388 e. The molecule has 39 heteroatoms. The first-order valence-electron chi connectivity index (χ1n) is 48.7. The smallest absolute Gasteiger partial charge is 0.312 e. The van der Waals surface area contributed by atoms with Gasteiger partial charge in [-0.05, 0) is 91.4 Å². The van der Waals surface area contributed by atoms with E-state index in [0.29, 0.717) is 76.7 Å². The van der Waals surface area contributed by atoms with Gasteiger partial charge in [-0.25, -0.2) is 21.6 Å². The molecule has 2 aliphatic rings. The maximum atomic E-state index is 15.1. The van der Waals surface area contributed by atoms with Crippen LogP contribution in [0.3, 0.4) is 0 Å². The van der Waals surface area contributed by atoms with Gasteiger partial charge in [0.2, 0.25) is 41.4 Å². The number of nitrogens with zero attached hydrogens (tertiary/aromatic N) is 4. The van der Waals surface area contributed by atoms with Crippen LogP contribution in [0.15, 0.2) is 78.9 Å². The van der Waals surface area contributed by atoms with E-state index in [9.17, 15) is 69.9 Å². The predicted octanol–water partition coefficient (Wildman–Crippen LogP) is 7.14. The summed E-state index contributed by atoms with van der Waals surface area (Å²) in [6, 6.07) is 15.7. The average Bonchev–Trinajstić information content (AvgIpc) is 1.75. The number of sulfone groups is 2. The van der Waals surface area contributed by atoms with Crippen LogP contribution in [0, 0.1) is 53.3 Å². The molecule has 2 saturated heterocycles. The second-order valence-electron chi connectivity index (χ2n) is 37.1. The Balaban J connectivity index is 1.30. The highest BCUT2D eigenvalue weighted by molar-refractivity contribution is 7.92. The molecule has 3 aromatic rings. The first-order chi connectivity index (χ1) is 66.1. The van der Waals surface area contributed by atoms with Crippen LogP contribution in [0.4, 0.5) is 10.5 Å². The molecule has 5 rings (SSSR count). The van der Waals surface area contributed by atoms with Crippen molar-refractivity contribution in [1.82, 2.24) is 35.6 Å². The maximum Gasteiger partial charge on any atom is 0.312 e. The molecule has 2 fully saturated rings. The standard InChI is InChI=1S/C100H159N9O28S2/c1-17-70(8)92(86(129-15)64-89(115)109-40-22-26-82(109)95(130-16)72(10)83(110)61-71(9)93(116)75-23-19-18-20-24-75)107(12)99(121)80(67(2)3)63-85(112)91(69(6)7)106(11)88(114)38-29-73-27-35-79(36-28-73)103-96(118)81(25-21-39-102-100(101)122)104-97(119)90(68(4)5)105-87(113)37-34-77(98(120)108-41-43-131-45-47-133-49-51-135-53-55-137-56-54-136-52-50-134-48-46-132-44-42-108)62-84(111)74-30-32-76(33-31-74)94(117)78(65-138(123,124)59-57-127-13)66-139(125,126)60-58-128-14/h18-20,23-24,27-28,30-33,35-36,67-72,77-78,80-82,86,90-93,95,116H,17,21-22,25-26,29,34,37-66H2,1-16H3,(H,103,118)(H,104,119)(H,105,113)(H3,101,102,122)/t70-,71-,72-,77+,80-,81-,82-,86+,90-,91-,92-,93+,95+/m0/s1. The van der Waals surface area contributed by atoms with E-state index >= 15 is 9.59 Å². The fraction of sp³-hybridized carbons (Fsp3) is 0.700. The largest absolute Gasteiger partial charge is 0.388 e. The van der Waals surface area contributed by atoms with E-state index in [1.807, 2.05) is 85.7 Å². The van der Waals surface area contributed by atoms with Gasteiger partial charge in [0.15, 0.2) is 37.0 Å². The topological polar surface area (TPSA) is 482 Å². The summed E-state index contributed by atoms with van der Waals surface area (Å²) in [4.78, 5) is 178. The number of rotatable bonds is 54. The van der Waals surface area contributed by atoms with E-state index in [-0.39, 0.29) is 201 Å². The van der Waals surface area contributed by atoms with E-state index < -0.39 is 175 Å². The van der Waals surface area contributed by atoms with Crippen molar-refractivity contribution in [3.05, 3.63) is 101 Å². The number of carbonyl (C=O) groups excluding carboxylic acids is 12. The normalized spacial score (nSPS) is 17.9. The minimum absolute atomic E-state index is 0.00555. The van der Waals surface area contributed by atoms with Crippen molar-refractivity contribution in [1.29, 1.82) is 0 Å². The van der Waals surface area contributed by atoms with Crippen LogP contribution in [0.25, 0.3) is 0 Å². The summed E-state index contributed by atoms with van der Waals surface area (Å²) in [7, 11) is 0.861. The van der Waals surface area contributed by atoms with Crippen molar-refractivity contribution in [3.63, 3.8) is 0 Å². The molecule has 0 saturated carbocycles. The summed E-state index contributed by atoms with van der Waals surface area (Å²) < 4.78 is 115. The van der Waals surface area contributed by atoms with Gasteiger partial charge in [-0.2, -0.15) is 0 Å². The molecule has 7 N–H and O–H groups in total. The second kappa shape index (κ2) is 64.1. The van der Waals surface area contributed by atoms with Gasteiger partial charge in [0, 0.05) is 135 Å². The number of aliphatic hydroxyl groups excluding tert-OH is 1. The third-order valence-corrected chi connectivity index (χ3v) is 29.0. The number of benzene rings is 3. The second-order valence-corrected chi connectivity index (χ2v) is 41.6. The number of ether oxygens (including phenoxy) is 11. The third kappa shape index (κ3) is 42.4.